The number of hydrogen-bond donors (Lipinski definition) is 1. The van der Waals surface area contributed by atoms with E-state index in [-0.39, 0.29) is 0 Å². The van der Waals surface area contributed by atoms with Crippen LogP contribution in [0.25, 0.3) is 11.1 Å². The Morgan fingerprint density at radius 1 is 0.840 bits per heavy atom. The summed E-state index contributed by atoms with van der Waals surface area (Å²) in [6.07, 6.45) is 2.35. The molecule has 2 aromatic carbocycles. The SMILES string of the molecule is c1ccc(-c2ccc([C@H](C3CCOCC3)N3CCNCC3)cc2)cc1. The van der Waals surface area contributed by atoms with E-state index in [4.69, 9.17) is 4.74 Å². The van der Waals surface area contributed by atoms with Gasteiger partial charge in [-0.1, -0.05) is 54.6 Å². The number of nitrogens with zero attached hydrogens (tertiary/aromatic N) is 1. The maximum absolute atomic E-state index is 5.62. The molecule has 1 N–H and O–H groups in total. The van der Waals surface area contributed by atoms with Gasteiger partial charge in [-0.05, 0) is 35.4 Å². The summed E-state index contributed by atoms with van der Waals surface area (Å²) in [5.74, 6) is 0.703. The maximum atomic E-state index is 5.62. The van der Waals surface area contributed by atoms with Gasteiger partial charge in [-0.15, -0.1) is 0 Å². The third kappa shape index (κ3) is 3.95. The van der Waals surface area contributed by atoms with Crippen LogP contribution in [0.3, 0.4) is 0 Å². The van der Waals surface area contributed by atoms with Crippen molar-refractivity contribution >= 4 is 0 Å². The van der Waals surface area contributed by atoms with Gasteiger partial charge in [0.1, 0.15) is 0 Å². The average Bonchev–Trinajstić information content (AvgIpc) is 2.71. The highest BCUT2D eigenvalue weighted by atomic mass is 16.5. The highest BCUT2D eigenvalue weighted by molar-refractivity contribution is 5.63. The molecule has 3 nitrogen and oxygen atoms in total. The Bertz CT molecular complexity index is 625. The molecule has 25 heavy (non-hydrogen) atoms. The summed E-state index contributed by atoms with van der Waals surface area (Å²) in [7, 11) is 0. The normalized spacial score (nSPS) is 21.1. The van der Waals surface area contributed by atoms with Gasteiger partial charge >= 0.3 is 0 Å². The van der Waals surface area contributed by atoms with Gasteiger partial charge in [0.05, 0.1) is 0 Å². The van der Waals surface area contributed by atoms with Crippen LogP contribution in [0, 0.1) is 5.92 Å². The van der Waals surface area contributed by atoms with E-state index < -0.39 is 0 Å². The first kappa shape index (κ1) is 16.8. The van der Waals surface area contributed by atoms with E-state index >= 15 is 0 Å². The molecule has 2 aliphatic heterocycles. The smallest absolute Gasteiger partial charge is 0.0469 e. The Hall–Kier alpha value is -1.68. The number of nitrogens with one attached hydrogen (secondary N) is 1. The Kier molecular flexibility index (Phi) is 5.46. The van der Waals surface area contributed by atoms with Gasteiger partial charge in [0.2, 0.25) is 0 Å². The molecule has 2 saturated heterocycles. The molecule has 132 valence electrons. The third-order valence-electron chi connectivity index (χ3n) is 5.62. The topological polar surface area (TPSA) is 24.5 Å². The minimum Gasteiger partial charge on any atom is -0.381 e. The van der Waals surface area contributed by atoms with Crippen molar-refractivity contribution in [3.8, 4) is 11.1 Å². The predicted octanol–water partition coefficient (Wildman–Crippen LogP) is 3.73. The molecule has 1 atom stereocenters. The van der Waals surface area contributed by atoms with E-state index in [0.29, 0.717) is 12.0 Å². The Morgan fingerprint density at radius 3 is 2.16 bits per heavy atom. The zero-order chi connectivity index (χ0) is 16.9. The summed E-state index contributed by atoms with van der Waals surface area (Å²) in [4.78, 5) is 2.68. The van der Waals surface area contributed by atoms with Gasteiger partial charge in [0.25, 0.3) is 0 Å². The lowest BCUT2D eigenvalue weighted by atomic mass is 9.85. The highest BCUT2D eigenvalue weighted by Crippen LogP contribution is 2.36. The molecule has 0 bridgehead atoms. The fourth-order valence-corrected chi connectivity index (χ4v) is 4.28. The van der Waals surface area contributed by atoms with E-state index in [1.807, 2.05) is 0 Å². The monoisotopic (exact) mass is 336 g/mol. The Balaban J connectivity index is 1.59. The summed E-state index contributed by atoms with van der Waals surface area (Å²) in [6.45, 7) is 6.30. The standard InChI is InChI=1S/C22H28N2O/c1-2-4-18(5-3-1)19-6-8-20(9-7-19)22(21-10-16-25-17-11-21)24-14-12-23-13-15-24/h1-9,21-23H,10-17H2/t22-/m1/s1. The predicted molar refractivity (Wildman–Crippen MR) is 103 cm³/mol. The van der Waals surface area contributed by atoms with Crippen LogP contribution in [-0.2, 0) is 4.74 Å². The fraction of sp³-hybridized carbons (Fsp3) is 0.455. The molecule has 0 radical (unpaired) electrons. The van der Waals surface area contributed by atoms with Gasteiger partial charge in [-0.2, -0.15) is 0 Å². The second kappa shape index (κ2) is 8.13. The minimum absolute atomic E-state index is 0.524. The van der Waals surface area contributed by atoms with Gasteiger partial charge in [-0.3, -0.25) is 4.90 Å². The van der Waals surface area contributed by atoms with Crippen LogP contribution in [0.1, 0.15) is 24.4 Å². The second-order valence-electron chi connectivity index (χ2n) is 7.17. The lowest BCUT2D eigenvalue weighted by Crippen LogP contribution is -2.47. The first-order chi connectivity index (χ1) is 12.4. The third-order valence-corrected chi connectivity index (χ3v) is 5.62. The molecule has 0 unspecified atom stereocenters. The largest absolute Gasteiger partial charge is 0.381 e. The van der Waals surface area contributed by atoms with Crippen LogP contribution >= 0.6 is 0 Å². The quantitative estimate of drug-likeness (QED) is 0.921. The number of benzene rings is 2. The highest BCUT2D eigenvalue weighted by Gasteiger charge is 2.31. The summed E-state index contributed by atoms with van der Waals surface area (Å²) in [5.41, 5.74) is 4.06. The summed E-state index contributed by atoms with van der Waals surface area (Å²) < 4.78 is 5.62. The molecule has 2 aliphatic rings. The first-order valence-corrected chi connectivity index (χ1v) is 9.60. The van der Waals surface area contributed by atoms with Gasteiger partial charge in [0.15, 0.2) is 0 Å². The molecule has 2 aromatic rings. The van der Waals surface area contributed by atoms with Crippen LogP contribution in [0.15, 0.2) is 54.6 Å². The lowest BCUT2D eigenvalue weighted by molar-refractivity contribution is 0.0213. The minimum atomic E-state index is 0.524. The lowest BCUT2D eigenvalue weighted by Gasteiger charge is -2.41. The van der Waals surface area contributed by atoms with Gasteiger partial charge < -0.3 is 10.1 Å². The molecule has 0 aromatic heterocycles. The van der Waals surface area contributed by atoms with E-state index in [0.717, 1.165) is 39.4 Å². The van der Waals surface area contributed by atoms with E-state index in [9.17, 15) is 0 Å². The van der Waals surface area contributed by atoms with Gasteiger partial charge in [0, 0.05) is 45.4 Å². The van der Waals surface area contributed by atoms with Crippen molar-refractivity contribution in [3.05, 3.63) is 60.2 Å². The van der Waals surface area contributed by atoms with Crippen LogP contribution in [-0.4, -0.2) is 44.3 Å². The number of rotatable bonds is 4. The molecule has 3 heteroatoms. The molecule has 0 aliphatic carbocycles. The van der Waals surface area contributed by atoms with E-state index in [1.54, 1.807) is 0 Å². The van der Waals surface area contributed by atoms with Crippen molar-refractivity contribution < 1.29 is 4.74 Å². The molecule has 0 spiro atoms. The zero-order valence-electron chi connectivity index (χ0n) is 14.9. The van der Waals surface area contributed by atoms with Crippen LogP contribution in [0.2, 0.25) is 0 Å². The molecule has 2 fully saturated rings. The van der Waals surface area contributed by atoms with Crippen LogP contribution in [0.4, 0.5) is 0 Å². The molecular formula is C22H28N2O. The summed E-state index contributed by atoms with van der Waals surface area (Å²) in [6, 6.07) is 20.5. The zero-order valence-corrected chi connectivity index (χ0v) is 14.9. The average molecular weight is 336 g/mol. The first-order valence-electron chi connectivity index (χ1n) is 9.60. The van der Waals surface area contributed by atoms with Crippen molar-refractivity contribution in [1.82, 2.24) is 10.2 Å². The Labute approximate surface area is 151 Å². The number of hydrogen-bond acceptors (Lipinski definition) is 3. The molecule has 2 heterocycles. The molecule has 0 saturated carbocycles. The molecule has 0 amide bonds. The summed E-state index contributed by atoms with van der Waals surface area (Å²) in [5, 5.41) is 3.49. The maximum Gasteiger partial charge on any atom is 0.0469 e. The molecule has 4 rings (SSSR count). The number of ether oxygens (including phenoxy) is 1. The molecular weight excluding hydrogens is 308 g/mol. The second-order valence-corrected chi connectivity index (χ2v) is 7.17. The number of piperazine rings is 1. The van der Waals surface area contributed by atoms with Crippen molar-refractivity contribution in [2.24, 2.45) is 5.92 Å². The van der Waals surface area contributed by atoms with E-state index in [2.05, 4.69) is 64.8 Å². The Morgan fingerprint density at radius 2 is 1.48 bits per heavy atom. The van der Waals surface area contributed by atoms with Crippen molar-refractivity contribution in [2.45, 2.75) is 18.9 Å². The van der Waals surface area contributed by atoms with Crippen molar-refractivity contribution in [2.75, 3.05) is 39.4 Å². The van der Waals surface area contributed by atoms with Crippen molar-refractivity contribution in [1.29, 1.82) is 0 Å². The van der Waals surface area contributed by atoms with E-state index in [1.165, 1.54) is 29.5 Å². The van der Waals surface area contributed by atoms with Crippen LogP contribution in [0.5, 0.6) is 0 Å². The van der Waals surface area contributed by atoms with Crippen LogP contribution < -0.4 is 5.32 Å². The fourth-order valence-electron chi connectivity index (χ4n) is 4.28. The van der Waals surface area contributed by atoms with Crippen molar-refractivity contribution in [3.63, 3.8) is 0 Å². The van der Waals surface area contributed by atoms with Gasteiger partial charge in [-0.25, -0.2) is 0 Å². The summed E-state index contributed by atoms with van der Waals surface area (Å²) >= 11 is 0.